The van der Waals surface area contributed by atoms with E-state index >= 15 is 0 Å². The van der Waals surface area contributed by atoms with Crippen LogP contribution < -0.4 is 10.6 Å². The number of hydrogen-bond acceptors (Lipinski definition) is 4. The highest BCUT2D eigenvalue weighted by Gasteiger charge is 2.22. The van der Waals surface area contributed by atoms with Crippen LogP contribution >= 0.6 is 0 Å². The van der Waals surface area contributed by atoms with E-state index in [2.05, 4.69) is 10.6 Å². The Morgan fingerprint density at radius 3 is 2.73 bits per heavy atom. The Balaban J connectivity index is 2.30. The molecule has 0 saturated carbocycles. The molecule has 1 unspecified atom stereocenters. The second kappa shape index (κ2) is 5.67. The molecule has 1 aliphatic rings. The van der Waals surface area contributed by atoms with Gasteiger partial charge in [0.05, 0.1) is 6.61 Å². The van der Waals surface area contributed by atoms with Crippen molar-refractivity contribution in [2.45, 2.75) is 18.9 Å². The highest BCUT2D eigenvalue weighted by atomic mass is 16.4. The van der Waals surface area contributed by atoms with E-state index in [9.17, 15) is 9.59 Å². The maximum atomic E-state index is 11.4. The predicted octanol–water partition coefficient (Wildman–Crippen LogP) is -1.45. The zero-order chi connectivity index (χ0) is 11.3. The number of aliphatic carboxylic acids is 1. The average Bonchev–Trinajstić information content (AvgIpc) is 2.66. The van der Waals surface area contributed by atoms with E-state index in [1.165, 1.54) is 0 Å². The van der Waals surface area contributed by atoms with Crippen LogP contribution in [0, 0.1) is 5.92 Å². The number of aliphatic hydroxyl groups excluding tert-OH is 1. The largest absolute Gasteiger partial charge is 0.480 e. The third-order valence-electron chi connectivity index (χ3n) is 2.45. The predicted molar refractivity (Wildman–Crippen MR) is 52.2 cm³/mol. The Kier molecular flexibility index (Phi) is 4.51. The quantitative estimate of drug-likeness (QED) is 0.450. The molecule has 1 aliphatic heterocycles. The monoisotopic (exact) mass is 216 g/mol. The maximum absolute atomic E-state index is 11.4. The van der Waals surface area contributed by atoms with Crippen LogP contribution in [0.1, 0.15) is 12.8 Å². The van der Waals surface area contributed by atoms with E-state index in [-0.39, 0.29) is 11.8 Å². The third-order valence-corrected chi connectivity index (χ3v) is 2.45. The Morgan fingerprint density at radius 1 is 1.53 bits per heavy atom. The van der Waals surface area contributed by atoms with Crippen LogP contribution in [0.25, 0.3) is 0 Å². The molecule has 0 aromatic carbocycles. The van der Waals surface area contributed by atoms with E-state index in [4.69, 9.17) is 10.2 Å². The fourth-order valence-corrected chi connectivity index (χ4v) is 1.59. The van der Waals surface area contributed by atoms with E-state index in [1.54, 1.807) is 0 Å². The molecule has 15 heavy (non-hydrogen) atoms. The molecule has 6 heteroatoms. The van der Waals surface area contributed by atoms with Gasteiger partial charge in [0, 0.05) is 6.42 Å². The molecule has 6 nitrogen and oxygen atoms in total. The number of nitrogens with one attached hydrogen (secondary N) is 2. The maximum Gasteiger partial charge on any atom is 0.328 e. The molecule has 86 valence electrons. The summed E-state index contributed by atoms with van der Waals surface area (Å²) in [5.74, 6) is -1.25. The fraction of sp³-hybridized carbons (Fsp3) is 0.778. The second-order valence-electron chi connectivity index (χ2n) is 3.70. The van der Waals surface area contributed by atoms with Crippen molar-refractivity contribution in [1.29, 1.82) is 0 Å². The van der Waals surface area contributed by atoms with Crippen molar-refractivity contribution in [3.05, 3.63) is 0 Å². The SMILES string of the molecule is O=C(CC1CCNC1)N[C@H](CO)C(=O)O. The first-order valence-electron chi connectivity index (χ1n) is 4.97. The van der Waals surface area contributed by atoms with Gasteiger partial charge >= 0.3 is 5.97 Å². The van der Waals surface area contributed by atoms with Crippen LogP contribution in [-0.4, -0.2) is 47.8 Å². The van der Waals surface area contributed by atoms with E-state index in [1.807, 2.05) is 0 Å². The lowest BCUT2D eigenvalue weighted by Gasteiger charge is -2.13. The Bertz CT molecular complexity index is 238. The van der Waals surface area contributed by atoms with Gasteiger partial charge in [-0.2, -0.15) is 0 Å². The molecule has 1 saturated heterocycles. The fourth-order valence-electron chi connectivity index (χ4n) is 1.59. The number of carbonyl (C=O) groups excluding carboxylic acids is 1. The lowest BCUT2D eigenvalue weighted by molar-refractivity contribution is -0.143. The number of rotatable bonds is 5. The summed E-state index contributed by atoms with van der Waals surface area (Å²) in [6.45, 7) is 1.12. The van der Waals surface area contributed by atoms with Gasteiger partial charge in [-0.1, -0.05) is 0 Å². The van der Waals surface area contributed by atoms with E-state index < -0.39 is 18.6 Å². The molecular weight excluding hydrogens is 200 g/mol. The topological polar surface area (TPSA) is 98.7 Å². The summed E-state index contributed by atoms with van der Waals surface area (Å²) < 4.78 is 0. The highest BCUT2D eigenvalue weighted by Crippen LogP contribution is 2.11. The van der Waals surface area contributed by atoms with Gasteiger partial charge in [-0.15, -0.1) is 0 Å². The number of carboxylic acids is 1. The molecule has 1 rings (SSSR count). The van der Waals surface area contributed by atoms with Crippen molar-refractivity contribution < 1.29 is 19.8 Å². The first-order chi connectivity index (χ1) is 7.13. The second-order valence-corrected chi connectivity index (χ2v) is 3.70. The summed E-state index contributed by atoms with van der Waals surface area (Å²) in [5, 5.41) is 22.7. The van der Waals surface area contributed by atoms with Crippen molar-refractivity contribution in [2.24, 2.45) is 5.92 Å². The van der Waals surface area contributed by atoms with Crippen molar-refractivity contribution in [3.8, 4) is 0 Å². The molecule has 0 spiro atoms. The van der Waals surface area contributed by atoms with E-state index in [0.29, 0.717) is 6.42 Å². The minimum Gasteiger partial charge on any atom is -0.480 e. The van der Waals surface area contributed by atoms with Crippen LogP contribution in [-0.2, 0) is 9.59 Å². The molecule has 2 atom stereocenters. The average molecular weight is 216 g/mol. The highest BCUT2D eigenvalue weighted by molar-refractivity contribution is 5.83. The standard InChI is InChI=1S/C9H16N2O4/c12-5-7(9(14)15)11-8(13)3-6-1-2-10-4-6/h6-7,10,12H,1-5H2,(H,11,13)(H,14,15)/t6?,7-/m1/s1. The number of amides is 1. The number of aliphatic hydroxyl groups is 1. The summed E-state index contributed by atoms with van der Waals surface area (Å²) >= 11 is 0. The van der Waals surface area contributed by atoms with Crippen LogP contribution in [0.3, 0.4) is 0 Å². The van der Waals surface area contributed by atoms with Gasteiger partial charge in [-0.05, 0) is 25.4 Å². The lowest BCUT2D eigenvalue weighted by Crippen LogP contribution is -2.43. The van der Waals surface area contributed by atoms with Crippen LogP contribution in [0.4, 0.5) is 0 Å². The molecule has 1 fully saturated rings. The summed E-state index contributed by atoms with van der Waals surface area (Å²) in [6, 6.07) is -1.19. The minimum atomic E-state index is -1.21. The number of carboxylic acid groups (broad SMARTS) is 1. The van der Waals surface area contributed by atoms with Gasteiger partial charge in [0.25, 0.3) is 0 Å². The molecule has 0 aromatic rings. The van der Waals surface area contributed by atoms with Crippen molar-refractivity contribution >= 4 is 11.9 Å². The first-order valence-corrected chi connectivity index (χ1v) is 4.97. The molecule has 0 aliphatic carbocycles. The summed E-state index contributed by atoms with van der Waals surface area (Å²) in [6.07, 6.45) is 1.25. The minimum absolute atomic E-state index is 0.276. The number of carbonyl (C=O) groups is 2. The molecule has 0 radical (unpaired) electrons. The summed E-state index contributed by atoms with van der Waals surface area (Å²) in [7, 11) is 0. The smallest absolute Gasteiger partial charge is 0.328 e. The van der Waals surface area contributed by atoms with Gasteiger partial charge in [0.15, 0.2) is 0 Å². The Labute approximate surface area is 87.7 Å². The van der Waals surface area contributed by atoms with Gasteiger partial charge in [0.2, 0.25) is 5.91 Å². The first kappa shape index (κ1) is 11.9. The van der Waals surface area contributed by atoms with E-state index in [0.717, 1.165) is 19.5 Å². The Morgan fingerprint density at radius 2 is 2.27 bits per heavy atom. The molecule has 0 bridgehead atoms. The van der Waals surface area contributed by atoms with Gasteiger partial charge < -0.3 is 20.8 Å². The molecular formula is C9H16N2O4. The molecule has 4 N–H and O–H groups in total. The van der Waals surface area contributed by atoms with Crippen LogP contribution in [0.15, 0.2) is 0 Å². The summed E-state index contributed by atoms with van der Waals surface area (Å²) in [5.41, 5.74) is 0. The lowest BCUT2D eigenvalue weighted by atomic mass is 10.0. The van der Waals surface area contributed by atoms with Gasteiger partial charge in [0.1, 0.15) is 6.04 Å². The zero-order valence-electron chi connectivity index (χ0n) is 8.40. The normalized spacial score (nSPS) is 22.3. The van der Waals surface area contributed by atoms with Crippen molar-refractivity contribution in [2.75, 3.05) is 19.7 Å². The molecule has 1 amide bonds. The molecule has 1 heterocycles. The Hall–Kier alpha value is -1.14. The van der Waals surface area contributed by atoms with Crippen molar-refractivity contribution in [3.63, 3.8) is 0 Å². The van der Waals surface area contributed by atoms with Gasteiger partial charge in [-0.3, -0.25) is 4.79 Å². The van der Waals surface area contributed by atoms with Crippen molar-refractivity contribution in [1.82, 2.24) is 10.6 Å². The third kappa shape index (κ3) is 3.85. The van der Waals surface area contributed by atoms with Crippen LogP contribution in [0.2, 0.25) is 0 Å². The number of hydrogen-bond donors (Lipinski definition) is 4. The summed E-state index contributed by atoms with van der Waals surface area (Å²) in [4.78, 5) is 21.9. The zero-order valence-corrected chi connectivity index (χ0v) is 8.40. The van der Waals surface area contributed by atoms with Crippen LogP contribution in [0.5, 0.6) is 0 Å². The van der Waals surface area contributed by atoms with Gasteiger partial charge in [-0.25, -0.2) is 4.79 Å². The molecule has 0 aromatic heterocycles.